The Morgan fingerprint density at radius 2 is 2.00 bits per heavy atom. The molecule has 0 aromatic heterocycles. The minimum Gasteiger partial charge on any atom is -0.454 e. The minimum atomic E-state index is -0.0742. The summed E-state index contributed by atoms with van der Waals surface area (Å²) < 4.78 is 11.3. The van der Waals surface area contributed by atoms with Crippen LogP contribution in [0.4, 0.5) is 5.69 Å². The third-order valence-corrected chi connectivity index (χ3v) is 6.53. The molecule has 0 spiro atoms. The van der Waals surface area contributed by atoms with E-state index in [9.17, 15) is 9.59 Å². The van der Waals surface area contributed by atoms with Gasteiger partial charge in [-0.25, -0.2) is 0 Å². The van der Waals surface area contributed by atoms with E-state index in [0.717, 1.165) is 36.1 Å². The number of carbonyl (C=O) groups is 2. The predicted molar refractivity (Wildman–Crippen MR) is 131 cm³/mol. The number of fused-ring (bicyclic) bond motifs is 1. The molecule has 32 heavy (non-hydrogen) atoms. The summed E-state index contributed by atoms with van der Waals surface area (Å²) in [5.74, 6) is 1.32. The van der Waals surface area contributed by atoms with Gasteiger partial charge in [0.05, 0.1) is 4.91 Å². The van der Waals surface area contributed by atoms with E-state index < -0.39 is 0 Å². The second kappa shape index (κ2) is 10.2. The lowest BCUT2D eigenvalue weighted by Gasteiger charge is -2.14. The lowest BCUT2D eigenvalue weighted by molar-refractivity contribution is -0.122. The van der Waals surface area contributed by atoms with Gasteiger partial charge in [-0.3, -0.25) is 14.5 Å². The van der Waals surface area contributed by atoms with Crippen molar-refractivity contribution < 1.29 is 19.1 Å². The number of unbranched alkanes of at least 4 members (excludes halogenated alkanes) is 2. The van der Waals surface area contributed by atoms with E-state index in [1.165, 1.54) is 11.8 Å². The fourth-order valence-corrected chi connectivity index (χ4v) is 4.83. The van der Waals surface area contributed by atoms with Gasteiger partial charge in [-0.05, 0) is 61.2 Å². The molecule has 0 atom stereocenters. The number of ether oxygens (including phenoxy) is 2. The first-order valence-corrected chi connectivity index (χ1v) is 11.7. The number of aryl methyl sites for hydroxylation is 1. The van der Waals surface area contributed by atoms with Crippen LogP contribution in [-0.4, -0.2) is 34.4 Å². The highest BCUT2D eigenvalue weighted by atomic mass is 32.2. The molecule has 2 aromatic carbocycles. The summed E-state index contributed by atoms with van der Waals surface area (Å²) >= 11 is 6.73. The van der Waals surface area contributed by atoms with Crippen LogP contribution in [0.15, 0.2) is 47.4 Å². The van der Waals surface area contributed by atoms with Crippen LogP contribution in [0.3, 0.4) is 0 Å². The Morgan fingerprint density at radius 1 is 1.16 bits per heavy atom. The number of hydrogen-bond acceptors (Lipinski definition) is 6. The molecule has 166 valence electrons. The molecule has 0 bridgehead atoms. The number of anilines is 1. The van der Waals surface area contributed by atoms with Crippen molar-refractivity contribution in [3.05, 3.63) is 58.5 Å². The third-order valence-electron chi connectivity index (χ3n) is 5.16. The first-order chi connectivity index (χ1) is 15.5. The summed E-state index contributed by atoms with van der Waals surface area (Å²) in [6, 6.07) is 13.3. The number of hydrogen-bond donors (Lipinski definition) is 1. The van der Waals surface area contributed by atoms with Crippen LogP contribution in [0, 0.1) is 6.92 Å². The van der Waals surface area contributed by atoms with E-state index in [0.29, 0.717) is 33.7 Å². The van der Waals surface area contributed by atoms with Gasteiger partial charge in [0.2, 0.25) is 12.7 Å². The zero-order valence-electron chi connectivity index (χ0n) is 17.8. The lowest BCUT2D eigenvalue weighted by atomic mass is 10.1. The molecule has 1 saturated heterocycles. The van der Waals surface area contributed by atoms with Gasteiger partial charge in [0, 0.05) is 18.7 Å². The first-order valence-electron chi connectivity index (χ1n) is 10.5. The summed E-state index contributed by atoms with van der Waals surface area (Å²) in [5, 5.41) is 2.92. The lowest BCUT2D eigenvalue weighted by Crippen LogP contribution is -2.29. The summed E-state index contributed by atoms with van der Waals surface area (Å²) in [6.45, 7) is 2.77. The number of thiocarbonyl (C=S) groups is 1. The smallest absolute Gasteiger partial charge is 0.266 e. The van der Waals surface area contributed by atoms with Crippen LogP contribution in [0.25, 0.3) is 6.08 Å². The average Bonchev–Trinajstić information content (AvgIpc) is 3.32. The van der Waals surface area contributed by atoms with Crippen molar-refractivity contribution >= 4 is 51.9 Å². The zero-order chi connectivity index (χ0) is 22.5. The van der Waals surface area contributed by atoms with Crippen molar-refractivity contribution in [3.63, 3.8) is 0 Å². The van der Waals surface area contributed by atoms with Crippen molar-refractivity contribution in [2.45, 2.75) is 32.6 Å². The highest BCUT2D eigenvalue weighted by Gasteiger charge is 2.31. The number of nitrogens with one attached hydrogen (secondary N) is 1. The van der Waals surface area contributed by atoms with Gasteiger partial charge in [-0.15, -0.1) is 0 Å². The van der Waals surface area contributed by atoms with Crippen molar-refractivity contribution in [2.75, 3.05) is 18.7 Å². The summed E-state index contributed by atoms with van der Waals surface area (Å²) in [4.78, 5) is 27.1. The van der Waals surface area contributed by atoms with Crippen LogP contribution < -0.4 is 14.8 Å². The molecule has 0 aliphatic carbocycles. The monoisotopic (exact) mass is 468 g/mol. The molecule has 2 aromatic rings. The second-order valence-electron chi connectivity index (χ2n) is 7.67. The number of nitrogens with zero attached hydrogens (tertiary/aromatic N) is 1. The van der Waals surface area contributed by atoms with Crippen molar-refractivity contribution in [1.82, 2.24) is 4.90 Å². The Balaban J connectivity index is 1.22. The highest BCUT2D eigenvalue weighted by Crippen LogP contribution is 2.36. The second-order valence-corrected chi connectivity index (χ2v) is 9.35. The largest absolute Gasteiger partial charge is 0.454 e. The van der Waals surface area contributed by atoms with Gasteiger partial charge >= 0.3 is 0 Å². The van der Waals surface area contributed by atoms with E-state index in [1.807, 2.05) is 55.5 Å². The van der Waals surface area contributed by atoms with E-state index in [1.54, 1.807) is 4.90 Å². The Bertz CT molecular complexity index is 1080. The maximum atomic E-state index is 12.8. The van der Waals surface area contributed by atoms with Gasteiger partial charge in [0.15, 0.2) is 11.5 Å². The van der Waals surface area contributed by atoms with E-state index >= 15 is 0 Å². The normalized spacial score (nSPS) is 16.2. The van der Waals surface area contributed by atoms with Gasteiger partial charge in [0.25, 0.3) is 5.91 Å². The van der Waals surface area contributed by atoms with Crippen LogP contribution >= 0.6 is 24.0 Å². The Morgan fingerprint density at radius 3 is 2.84 bits per heavy atom. The molecule has 6 nitrogen and oxygen atoms in total. The molecule has 0 saturated carbocycles. The fraction of sp³-hybridized carbons (Fsp3) is 0.292. The van der Waals surface area contributed by atoms with E-state index in [2.05, 4.69) is 5.32 Å². The van der Waals surface area contributed by atoms with Crippen LogP contribution in [0.2, 0.25) is 0 Å². The van der Waals surface area contributed by atoms with Crippen molar-refractivity contribution in [3.8, 4) is 11.5 Å². The number of rotatable bonds is 8. The molecule has 8 heteroatoms. The average molecular weight is 469 g/mol. The number of benzene rings is 2. The molecular formula is C24H24N2O4S2. The summed E-state index contributed by atoms with van der Waals surface area (Å²) in [6.07, 6.45) is 4.69. The SMILES string of the molecule is Cc1cccc(NC(=O)CCCCCN2C(=O)C(=Cc3ccc4c(c3)OCO4)SC2=S)c1. The van der Waals surface area contributed by atoms with Crippen molar-refractivity contribution in [2.24, 2.45) is 0 Å². The predicted octanol–water partition coefficient (Wildman–Crippen LogP) is 5.12. The van der Waals surface area contributed by atoms with Crippen LogP contribution in [0.1, 0.15) is 36.8 Å². The fourth-order valence-electron chi connectivity index (χ4n) is 3.53. The molecule has 2 aliphatic rings. The Labute approximate surface area is 197 Å². The van der Waals surface area contributed by atoms with E-state index in [-0.39, 0.29) is 18.6 Å². The molecule has 2 aliphatic heterocycles. The Hall–Kier alpha value is -2.84. The molecule has 1 fully saturated rings. The maximum Gasteiger partial charge on any atom is 0.266 e. The van der Waals surface area contributed by atoms with Crippen LogP contribution in [-0.2, 0) is 9.59 Å². The molecule has 4 rings (SSSR count). The zero-order valence-corrected chi connectivity index (χ0v) is 19.4. The van der Waals surface area contributed by atoms with Gasteiger partial charge in [-0.2, -0.15) is 0 Å². The topological polar surface area (TPSA) is 67.9 Å². The maximum absolute atomic E-state index is 12.8. The van der Waals surface area contributed by atoms with Gasteiger partial charge in [-0.1, -0.05) is 48.6 Å². The van der Waals surface area contributed by atoms with Gasteiger partial charge < -0.3 is 14.8 Å². The molecule has 2 heterocycles. The number of carbonyl (C=O) groups excluding carboxylic acids is 2. The standard InChI is InChI=1S/C24H24N2O4S2/c1-16-6-5-7-18(12-16)25-22(27)8-3-2-4-11-26-23(28)21(32-24(26)31)14-17-9-10-19-20(13-17)30-15-29-19/h5-7,9-10,12-14H,2-4,8,11,15H2,1H3,(H,25,27). The molecule has 0 unspecified atom stereocenters. The number of amides is 2. The molecular weight excluding hydrogens is 444 g/mol. The number of thioether (sulfide) groups is 1. The minimum absolute atomic E-state index is 0.00729. The first kappa shape index (κ1) is 22.4. The molecule has 1 N–H and O–H groups in total. The molecule has 2 amide bonds. The highest BCUT2D eigenvalue weighted by molar-refractivity contribution is 8.26. The van der Waals surface area contributed by atoms with Gasteiger partial charge in [0.1, 0.15) is 4.32 Å². The van der Waals surface area contributed by atoms with Crippen molar-refractivity contribution in [1.29, 1.82) is 0 Å². The van der Waals surface area contributed by atoms with E-state index in [4.69, 9.17) is 21.7 Å². The third kappa shape index (κ3) is 5.49. The Kier molecular flexibility index (Phi) is 7.12. The summed E-state index contributed by atoms with van der Waals surface area (Å²) in [7, 11) is 0. The molecule has 0 radical (unpaired) electrons. The van der Waals surface area contributed by atoms with Crippen LogP contribution in [0.5, 0.6) is 11.5 Å². The summed E-state index contributed by atoms with van der Waals surface area (Å²) in [5.41, 5.74) is 2.80. The quantitative estimate of drug-likeness (QED) is 0.329.